The lowest BCUT2D eigenvalue weighted by atomic mass is 10.2. The quantitative estimate of drug-likeness (QED) is 0.586. The van der Waals surface area contributed by atoms with Crippen LogP contribution in [0.25, 0.3) is 0 Å². The van der Waals surface area contributed by atoms with Crippen LogP contribution in [0.3, 0.4) is 0 Å². The summed E-state index contributed by atoms with van der Waals surface area (Å²) < 4.78 is 10.9. The molecule has 0 aliphatic carbocycles. The van der Waals surface area contributed by atoms with Gasteiger partial charge in [-0.1, -0.05) is 13.3 Å². The number of hydrogen-bond acceptors (Lipinski definition) is 2. The van der Waals surface area contributed by atoms with Crippen LogP contribution in [0.1, 0.15) is 26.2 Å². The van der Waals surface area contributed by atoms with E-state index in [1.807, 2.05) is 0 Å². The fourth-order valence-electron chi connectivity index (χ4n) is 1.16. The summed E-state index contributed by atoms with van der Waals surface area (Å²) in [6, 6.07) is 0. The second-order valence-corrected chi connectivity index (χ2v) is 2.71. The Bertz CT molecular complexity index is 75.3. The maximum Gasteiger partial charge on any atom is 0.0808 e. The highest BCUT2D eigenvalue weighted by Gasteiger charge is 2.10. The normalized spacial score (nSPS) is 27.9. The molecule has 1 aliphatic rings. The second kappa shape index (κ2) is 4.69. The van der Waals surface area contributed by atoms with Gasteiger partial charge in [0.15, 0.2) is 0 Å². The molecule has 1 rings (SSSR count). The SMILES string of the molecule is CCCC1COCCCO1. The summed E-state index contributed by atoms with van der Waals surface area (Å²) in [5.41, 5.74) is 0. The Morgan fingerprint density at radius 2 is 2.30 bits per heavy atom. The van der Waals surface area contributed by atoms with E-state index in [2.05, 4.69) is 6.92 Å². The zero-order valence-corrected chi connectivity index (χ0v) is 6.64. The van der Waals surface area contributed by atoms with Gasteiger partial charge in [-0.25, -0.2) is 0 Å². The molecule has 0 spiro atoms. The van der Waals surface area contributed by atoms with Crippen LogP contribution in [-0.4, -0.2) is 25.9 Å². The van der Waals surface area contributed by atoms with Crippen molar-refractivity contribution in [2.75, 3.05) is 19.8 Å². The molecule has 0 aromatic carbocycles. The van der Waals surface area contributed by atoms with Crippen molar-refractivity contribution in [1.29, 1.82) is 0 Å². The third kappa shape index (κ3) is 2.67. The van der Waals surface area contributed by atoms with Gasteiger partial charge in [0.25, 0.3) is 0 Å². The van der Waals surface area contributed by atoms with E-state index >= 15 is 0 Å². The molecular formula is C8H16O2. The molecule has 1 heterocycles. The minimum Gasteiger partial charge on any atom is -0.379 e. The van der Waals surface area contributed by atoms with Crippen LogP contribution in [-0.2, 0) is 9.47 Å². The summed E-state index contributed by atoms with van der Waals surface area (Å²) in [7, 11) is 0. The summed E-state index contributed by atoms with van der Waals surface area (Å²) >= 11 is 0. The molecule has 0 N–H and O–H groups in total. The maximum absolute atomic E-state index is 5.52. The molecule has 0 aromatic heterocycles. The van der Waals surface area contributed by atoms with Crippen LogP contribution in [0, 0.1) is 0 Å². The summed E-state index contributed by atoms with van der Waals surface area (Å²) in [6.45, 7) is 4.73. The first kappa shape index (κ1) is 8.02. The Kier molecular flexibility index (Phi) is 3.76. The van der Waals surface area contributed by atoms with Crippen LogP contribution >= 0.6 is 0 Å². The molecule has 1 unspecified atom stereocenters. The monoisotopic (exact) mass is 144 g/mol. The van der Waals surface area contributed by atoms with E-state index in [0.29, 0.717) is 6.10 Å². The predicted molar refractivity (Wildman–Crippen MR) is 40.1 cm³/mol. The third-order valence-electron chi connectivity index (χ3n) is 1.70. The van der Waals surface area contributed by atoms with Crippen molar-refractivity contribution in [2.24, 2.45) is 0 Å². The standard InChI is InChI=1S/C8H16O2/c1-2-4-8-7-9-5-3-6-10-8/h8H,2-7H2,1H3. The van der Waals surface area contributed by atoms with Crippen LogP contribution in [0.4, 0.5) is 0 Å². The van der Waals surface area contributed by atoms with Crippen molar-refractivity contribution in [3.8, 4) is 0 Å². The van der Waals surface area contributed by atoms with E-state index in [0.717, 1.165) is 32.7 Å². The van der Waals surface area contributed by atoms with Crippen molar-refractivity contribution in [3.05, 3.63) is 0 Å². The van der Waals surface area contributed by atoms with Crippen LogP contribution < -0.4 is 0 Å². The minimum atomic E-state index is 0.368. The minimum absolute atomic E-state index is 0.368. The Balaban J connectivity index is 2.15. The predicted octanol–water partition coefficient (Wildman–Crippen LogP) is 1.59. The second-order valence-electron chi connectivity index (χ2n) is 2.71. The molecule has 1 saturated heterocycles. The number of hydrogen-bond donors (Lipinski definition) is 0. The van der Waals surface area contributed by atoms with Crippen molar-refractivity contribution in [2.45, 2.75) is 32.3 Å². The van der Waals surface area contributed by atoms with Crippen molar-refractivity contribution < 1.29 is 9.47 Å². The summed E-state index contributed by atoms with van der Waals surface area (Å²) in [6.07, 6.45) is 3.75. The highest BCUT2D eigenvalue weighted by atomic mass is 16.5. The molecule has 1 fully saturated rings. The molecule has 2 heteroatoms. The van der Waals surface area contributed by atoms with Crippen molar-refractivity contribution in [3.63, 3.8) is 0 Å². The van der Waals surface area contributed by atoms with Gasteiger partial charge in [-0.05, 0) is 12.8 Å². The molecule has 0 aromatic rings. The highest BCUT2D eigenvalue weighted by Crippen LogP contribution is 2.06. The third-order valence-corrected chi connectivity index (χ3v) is 1.70. The summed E-state index contributed by atoms with van der Waals surface area (Å²) in [5, 5.41) is 0. The Morgan fingerprint density at radius 3 is 3.10 bits per heavy atom. The molecule has 10 heavy (non-hydrogen) atoms. The van der Waals surface area contributed by atoms with Gasteiger partial charge in [0, 0.05) is 13.2 Å². The fraction of sp³-hybridized carbons (Fsp3) is 1.00. The van der Waals surface area contributed by atoms with Gasteiger partial charge in [-0.3, -0.25) is 0 Å². The number of ether oxygens (including phenoxy) is 2. The Labute approximate surface area is 62.5 Å². The zero-order valence-electron chi connectivity index (χ0n) is 6.64. The van der Waals surface area contributed by atoms with Gasteiger partial charge >= 0.3 is 0 Å². The average molecular weight is 144 g/mol. The van der Waals surface area contributed by atoms with Gasteiger partial charge in [-0.15, -0.1) is 0 Å². The summed E-state index contributed by atoms with van der Waals surface area (Å²) in [4.78, 5) is 0. The first-order chi connectivity index (χ1) is 4.93. The molecule has 0 radical (unpaired) electrons. The molecule has 1 aliphatic heterocycles. The molecule has 0 saturated carbocycles. The van der Waals surface area contributed by atoms with E-state index in [-0.39, 0.29) is 0 Å². The lowest BCUT2D eigenvalue weighted by molar-refractivity contribution is 0.0209. The molecule has 2 nitrogen and oxygen atoms in total. The smallest absolute Gasteiger partial charge is 0.0808 e. The van der Waals surface area contributed by atoms with Crippen molar-refractivity contribution >= 4 is 0 Å². The van der Waals surface area contributed by atoms with E-state index in [9.17, 15) is 0 Å². The van der Waals surface area contributed by atoms with Crippen LogP contribution in [0.15, 0.2) is 0 Å². The van der Waals surface area contributed by atoms with Crippen LogP contribution in [0.2, 0.25) is 0 Å². The van der Waals surface area contributed by atoms with E-state index < -0.39 is 0 Å². The molecule has 0 amide bonds. The van der Waals surface area contributed by atoms with E-state index in [4.69, 9.17) is 9.47 Å². The fourth-order valence-corrected chi connectivity index (χ4v) is 1.16. The zero-order chi connectivity index (χ0) is 7.23. The van der Waals surface area contributed by atoms with Gasteiger partial charge < -0.3 is 9.47 Å². The summed E-state index contributed by atoms with van der Waals surface area (Å²) in [5.74, 6) is 0. The number of rotatable bonds is 2. The van der Waals surface area contributed by atoms with Gasteiger partial charge in [0.1, 0.15) is 0 Å². The van der Waals surface area contributed by atoms with Gasteiger partial charge in [0.2, 0.25) is 0 Å². The van der Waals surface area contributed by atoms with Crippen molar-refractivity contribution in [1.82, 2.24) is 0 Å². The Hall–Kier alpha value is -0.0800. The van der Waals surface area contributed by atoms with E-state index in [1.54, 1.807) is 0 Å². The van der Waals surface area contributed by atoms with E-state index in [1.165, 1.54) is 6.42 Å². The molecule has 60 valence electrons. The molecule has 1 atom stereocenters. The average Bonchev–Trinajstić information content (AvgIpc) is 2.17. The Morgan fingerprint density at radius 1 is 1.40 bits per heavy atom. The first-order valence-corrected chi connectivity index (χ1v) is 4.13. The van der Waals surface area contributed by atoms with Crippen LogP contribution in [0.5, 0.6) is 0 Å². The lowest BCUT2D eigenvalue weighted by Gasteiger charge is -2.11. The topological polar surface area (TPSA) is 18.5 Å². The lowest BCUT2D eigenvalue weighted by Crippen LogP contribution is -2.16. The molecule has 0 bridgehead atoms. The first-order valence-electron chi connectivity index (χ1n) is 4.13. The molecular weight excluding hydrogens is 128 g/mol. The largest absolute Gasteiger partial charge is 0.379 e. The van der Waals surface area contributed by atoms with Gasteiger partial charge in [-0.2, -0.15) is 0 Å². The maximum atomic E-state index is 5.52. The highest BCUT2D eigenvalue weighted by molar-refractivity contribution is 4.58. The van der Waals surface area contributed by atoms with Gasteiger partial charge in [0.05, 0.1) is 12.7 Å².